The van der Waals surface area contributed by atoms with Crippen LogP contribution >= 0.6 is 0 Å². The Morgan fingerprint density at radius 2 is 2.28 bits per heavy atom. The highest BCUT2D eigenvalue weighted by Gasteiger charge is 2.31. The van der Waals surface area contributed by atoms with Crippen LogP contribution in [-0.2, 0) is 0 Å². The molecule has 18 heavy (non-hydrogen) atoms. The van der Waals surface area contributed by atoms with Crippen LogP contribution in [0.25, 0.3) is 11.0 Å². The molecule has 94 valence electrons. The first-order valence-corrected chi connectivity index (χ1v) is 6.10. The SMILES string of the molecule is CC(C(=O)c1cc2cccc(F)c2o1)C1CNC1. The lowest BCUT2D eigenvalue weighted by Crippen LogP contribution is -2.47. The van der Waals surface area contributed by atoms with Crippen LogP contribution in [0.1, 0.15) is 17.5 Å². The molecule has 1 aliphatic rings. The van der Waals surface area contributed by atoms with Crippen LogP contribution in [-0.4, -0.2) is 18.9 Å². The highest BCUT2D eigenvalue weighted by atomic mass is 19.1. The van der Waals surface area contributed by atoms with Gasteiger partial charge in [-0.3, -0.25) is 4.79 Å². The minimum absolute atomic E-state index is 0.0444. The second kappa shape index (κ2) is 4.21. The Morgan fingerprint density at radius 1 is 1.50 bits per heavy atom. The maximum Gasteiger partial charge on any atom is 0.201 e. The van der Waals surface area contributed by atoms with Gasteiger partial charge in [0, 0.05) is 11.3 Å². The third-order valence-electron chi connectivity index (χ3n) is 3.67. The molecule has 0 aliphatic carbocycles. The van der Waals surface area contributed by atoms with Crippen LogP contribution < -0.4 is 5.32 Å². The molecule has 1 unspecified atom stereocenters. The first-order valence-electron chi connectivity index (χ1n) is 6.10. The number of carbonyl (C=O) groups is 1. The smallest absolute Gasteiger partial charge is 0.201 e. The van der Waals surface area contributed by atoms with E-state index in [2.05, 4.69) is 5.32 Å². The summed E-state index contributed by atoms with van der Waals surface area (Å²) in [5.41, 5.74) is 0.166. The number of Topliss-reactive ketones (excluding diaryl/α,β-unsaturated/α-hetero) is 1. The number of hydrogen-bond acceptors (Lipinski definition) is 3. The van der Waals surface area contributed by atoms with E-state index in [0.29, 0.717) is 11.3 Å². The quantitative estimate of drug-likeness (QED) is 0.848. The van der Waals surface area contributed by atoms with E-state index in [9.17, 15) is 9.18 Å². The molecule has 1 fully saturated rings. The summed E-state index contributed by atoms with van der Waals surface area (Å²) in [4.78, 5) is 12.2. The monoisotopic (exact) mass is 247 g/mol. The largest absolute Gasteiger partial charge is 0.450 e. The molecule has 1 aromatic carbocycles. The molecule has 0 amide bonds. The first kappa shape index (κ1) is 11.4. The second-order valence-corrected chi connectivity index (χ2v) is 4.84. The maximum atomic E-state index is 13.5. The molecule has 1 aliphatic heterocycles. The van der Waals surface area contributed by atoms with Crippen molar-refractivity contribution >= 4 is 16.8 Å². The summed E-state index contributed by atoms with van der Waals surface area (Å²) in [6, 6.07) is 6.32. The average Bonchev–Trinajstić information content (AvgIpc) is 2.71. The number of nitrogens with one attached hydrogen (secondary N) is 1. The van der Waals surface area contributed by atoms with Crippen molar-refractivity contribution in [2.24, 2.45) is 11.8 Å². The molecule has 3 rings (SSSR count). The number of para-hydroxylation sites is 1. The number of carbonyl (C=O) groups excluding carboxylic acids is 1. The van der Waals surface area contributed by atoms with Crippen molar-refractivity contribution in [1.29, 1.82) is 0 Å². The van der Waals surface area contributed by atoms with E-state index in [4.69, 9.17) is 4.42 Å². The summed E-state index contributed by atoms with van der Waals surface area (Å²) in [6.07, 6.45) is 0. The molecule has 3 nitrogen and oxygen atoms in total. The van der Waals surface area contributed by atoms with Crippen molar-refractivity contribution < 1.29 is 13.6 Å². The van der Waals surface area contributed by atoms with Gasteiger partial charge >= 0.3 is 0 Å². The van der Waals surface area contributed by atoms with Crippen LogP contribution in [0.2, 0.25) is 0 Å². The molecule has 1 N–H and O–H groups in total. The van der Waals surface area contributed by atoms with Gasteiger partial charge in [-0.25, -0.2) is 4.39 Å². The Morgan fingerprint density at radius 3 is 2.89 bits per heavy atom. The summed E-state index contributed by atoms with van der Waals surface area (Å²) in [7, 11) is 0. The van der Waals surface area contributed by atoms with Crippen molar-refractivity contribution in [1.82, 2.24) is 5.32 Å². The van der Waals surface area contributed by atoms with Crippen LogP contribution in [0.3, 0.4) is 0 Å². The van der Waals surface area contributed by atoms with Gasteiger partial charge in [-0.15, -0.1) is 0 Å². The van der Waals surface area contributed by atoms with Gasteiger partial charge in [0.05, 0.1) is 0 Å². The number of halogens is 1. The minimum Gasteiger partial charge on any atom is -0.450 e. The predicted molar refractivity (Wildman–Crippen MR) is 66.0 cm³/mol. The fourth-order valence-corrected chi connectivity index (χ4v) is 2.25. The van der Waals surface area contributed by atoms with Gasteiger partial charge in [0.2, 0.25) is 5.78 Å². The van der Waals surface area contributed by atoms with Crippen molar-refractivity contribution in [3.05, 3.63) is 35.8 Å². The zero-order valence-electron chi connectivity index (χ0n) is 10.1. The molecule has 0 saturated carbocycles. The molecule has 1 aromatic heterocycles. The Labute approximate surface area is 104 Å². The summed E-state index contributed by atoms with van der Waals surface area (Å²) < 4.78 is 18.8. The molecule has 0 spiro atoms. The van der Waals surface area contributed by atoms with E-state index >= 15 is 0 Å². The minimum atomic E-state index is -0.426. The van der Waals surface area contributed by atoms with E-state index < -0.39 is 5.82 Å². The molecular weight excluding hydrogens is 233 g/mol. The summed E-state index contributed by atoms with van der Waals surface area (Å²) >= 11 is 0. The van der Waals surface area contributed by atoms with Gasteiger partial charge in [-0.1, -0.05) is 19.1 Å². The molecular formula is C14H14FNO2. The number of furan rings is 1. The fraction of sp³-hybridized carbons (Fsp3) is 0.357. The highest BCUT2D eigenvalue weighted by Crippen LogP contribution is 2.26. The summed E-state index contributed by atoms with van der Waals surface area (Å²) in [5.74, 6) is 0.0570. The van der Waals surface area contributed by atoms with Gasteiger partial charge in [-0.05, 0) is 31.1 Å². The van der Waals surface area contributed by atoms with Gasteiger partial charge < -0.3 is 9.73 Å². The molecule has 0 radical (unpaired) electrons. The zero-order chi connectivity index (χ0) is 12.7. The van der Waals surface area contributed by atoms with Gasteiger partial charge in [0.15, 0.2) is 17.2 Å². The van der Waals surface area contributed by atoms with Gasteiger partial charge in [0.25, 0.3) is 0 Å². The van der Waals surface area contributed by atoms with Crippen molar-refractivity contribution in [3.63, 3.8) is 0 Å². The molecule has 1 atom stereocenters. The number of fused-ring (bicyclic) bond motifs is 1. The topological polar surface area (TPSA) is 42.2 Å². The lowest BCUT2D eigenvalue weighted by atomic mass is 9.85. The number of ketones is 1. The summed E-state index contributed by atoms with van der Waals surface area (Å²) in [6.45, 7) is 3.63. The van der Waals surface area contributed by atoms with E-state index in [1.807, 2.05) is 6.92 Å². The van der Waals surface area contributed by atoms with Crippen molar-refractivity contribution in [2.75, 3.05) is 13.1 Å². The highest BCUT2D eigenvalue weighted by molar-refractivity contribution is 5.99. The van der Waals surface area contributed by atoms with Crippen LogP contribution in [0.15, 0.2) is 28.7 Å². The Kier molecular flexibility index (Phi) is 2.67. The molecule has 2 heterocycles. The fourth-order valence-electron chi connectivity index (χ4n) is 2.25. The summed E-state index contributed by atoms with van der Waals surface area (Å²) in [5, 5.41) is 3.78. The molecule has 2 aromatic rings. The maximum absolute atomic E-state index is 13.5. The standard InChI is InChI=1S/C14H14FNO2/c1-8(10-6-16-7-10)13(17)12-5-9-3-2-4-11(15)14(9)18-12/h2-5,8,10,16H,6-7H2,1H3. The Hall–Kier alpha value is -1.68. The number of hydrogen-bond donors (Lipinski definition) is 1. The predicted octanol–water partition coefficient (Wildman–Crippen LogP) is 2.61. The Balaban J connectivity index is 1.94. The Bertz CT molecular complexity index is 601. The second-order valence-electron chi connectivity index (χ2n) is 4.84. The van der Waals surface area contributed by atoms with E-state index in [1.165, 1.54) is 6.07 Å². The third-order valence-corrected chi connectivity index (χ3v) is 3.67. The lowest BCUT2D eigenvalue weighted by Gasteiger charge is -2.31. The zero-order valence-corrected chi connectivity index (χ0v) is 10.1. The average molecular weight is 247 g/mol. The van der Waals surface area contributed by atoms with Crippen molar-refractivity contribution in [2.45, 2.75) is 6.92 Å². The van der Waals surface area contributed by atoms with E-state index in [1.54, 1.807) is 18.2 Å². The molecule has 1 saturated heterocycles. The molecule has 4 heteroatoms. The van der Waals surface area contributed by atoms with E-state index in [-0.39, 0.29) is 23.0 Å². The van der Waals surface area contributed by atoms with Crippen LogP contribution in [0.5, 0.6) is 0 Å². The third kappa shape index (κ3) is 1.73. The number of rotatable bonds is 3. The van der Waals surface area contributed by atoms with Gasteiger partial charge in [-0.2, -0.15) is 0 Å². The normalized spacial score (nSPS) is 17.7. The first-order chi connectivity index (χ1) is 8.66. The molecule has 0 bridgehead atoms. The van der Waals surface area contributed by atoms with Crippen molar-refractivity contribution in [3.8, 4) is 0 Å². The van der Waals surface area contributed by atoms with Crippen LogP contribution in [0, 0.1) is 17.7 Å². The van der Waals surface area contributed by atoms with Gasteiger partial charge in [0.1, 0.15) is 0 Å². The lowest BCUT2D eigenvalue weighted by molar-refractivity contribution is 0.0827. The number of benzene rings is 1. The van der Waals surface area contributed by atoms with E-state index in [0.717, 1.165) is 13.1 Å². The van der Waals surface area contributed by atoms with Crippen LogP contribution in [0.4, 0.5) is 4.39 Å².